The zero-order chi connectivity index (χ0) is 28.9. The number of aromatic nitrogens is 3. The average Bonchev–Trinajstić information content (AvgIpc) is 3.27. The van der Waals surface area contributed by atoms with E-state index in [4.69, 9.17) is 0 Å². The Morgan fingerprint density at radius 2 is 1.77 bits per heavy atom. The van der Waals surface area contributed by atoms with Crippen LogP contribution < -0.4 is 15.8 Å². The van der Waals surface area contributed by atoms with Crippen LogP contribution in [-0.4, -0.2) is 57.6 Å². The summed E-state index contributed by atoms with van der Waals surface area (Å²) in [5.41, 5.74) is -0.450. The third-order valence-corrected chi connectivity index (χ3v) is 7.54. The van der Waals surface area contributed by atoms with Crippen LogP contribution in [0.25, 0.3) is 22.2 Å². The smallest absolute Gasteiger partial charge is 0.367 e. The molecule has 1 fully saturated rings. The number of halogens is 4. The van der Waals surface area contributed by atoms with E-state index in [1.807, 2.05) is 32.8 Å². The molecule has 4 aromatic rings. The number of amides is 1. The molecule has 2 N–H and O–H groups in total. The highest BCUT2D eigenvalue weighted by Gasteiger charge is 2.36. The van der Waals surface area contributed by atoms with Gasteiger partial charge in [0.1, 0.15) is 5.82 Å². The number of likely N-dealkylation sites (N-methyl/N-ethyl adjacent to an activating group) is 1. The van der Waals surface area contributed by atoms with Crippen LogP contribution in [0.15, 0.2) is 53.7 Å². The van der Waals surface area contributed by atoms with Crippen LogP contribution in [-0.2, 0) is 13.2 Å². The number of H-pyrrole nitrogens is 1. The Hall–Kier alpha value is -4.19. The number of carbonyl (C=O) groups excluding carboxylic acids is 1. The molecule has 40 heavy (non-hydrogen) atoms. The van der Waals surface area contributed by atoms with Crippen LogP contribution >= 0.6 is 0 Å². The van der Waals surface area contributed by atoms with Crippen molar-refractivity contribution in [1.29, 1.82) is 0 Å². The second-order valence-corrected chi connectivity index (χ2v) is 10.3. The molecule has 2 aromatic heterocycles. The monoisotopic (exact) mass is 556 g/mol. The number of nitrogens with zero attached hydrogens (tertiary/aromatic N) is 4. The van der Waals surface area contributed by atoms with E-state index in [1.54, 1.807) is 29.1 Å². The number of hydrogen-bond donors (Lipinski definition) is 2. The van der Waals surface area contributed by atoms with E-state index in [1.165, 1.54) is 12.1 Å². The van der Waals surface area contributed by atoms with E-state index >= 15 is 4.39 Å². The summed E-state index contributed by atoms with van der Waals surface area (Å²) in [6.07, 6.45) is -2.56. The molecule has 2 aromatic carbocycles. The molecule has 1 amide bonds. The van der Waals surface area contributed by atoms with Crippen LogP contribution in [0, 0.1) is 5.82 Å². The highest BCUT2D eigenvalue weighted by atomic mass is 19.4. The van der Waals surface area contributed by atoms with Gasteiger partial charge in [0, 0.05) is 50.0 Å². The summed E-state index contributed by atoms with van der Waals surface area (Å²) in [6.45, 7) is 5.06. The van der Waals surface area contributed by atoms with E-state index < -0.39 is 34.6 Å². The van der Waals surface area contributed by atoms with Gasteiger partial charge in [-0.25, -0.2) is 9.37 Å². The lowest BCUT2D eigenvalue weighted by atomic mass is 10.0. The number of hydrogen-bond acceptors (Lipinski definition) is 5. The highest BCUT2D eigenvalue weighted by Crippen LogP contribution is 2.38. The van der Waals surface area contributed by atoms with Gasteiger partial charge in [0.25, 0.3) is 5.91 Å². The summed E-state index contributed by atoms with van der Waals surface area (Å²) in [7, 11) is 3.80. The molecule has 5 rings (SSSR count). The number of aryl methyl sites for hydroxylation is 1. The Bertz CT molecular complexity index is 1650. The Morgan fingerprint density at radius 3 is 2.45 bits per heavy atom. The number of fused-ring (bicyclic) bond motifs is 1. The number of alkyl halides is 3. The largest absolute Gasteiger partial charge is 0.417 e. The minimum atomic E-state index is -4.93. The number of imidazole rings is 1. The summed E-state index contributed by atoms with van der Waals surface area (Å²) in [5, 5.41) is 2.58. The van der Waals surface area contributed by atoms with Gasteiger partial charge in [0.05, 0.1) is 39.9 Å². The molecule has 0 bridgehead atoms. The molecule has 0 radical (unpaired) electrons. The lowest BCUT2D eigenvalue weighted by Gasteiger charge is -2.44. The third-order valence-electron chi connectivity index (χ3n) is 7.54. The van der Waals surface area contributed by atoms with Crippen molar-refractivity contribution in [2.75, 3.05) is 30.4 Å². The summed E-state index contributed by atoms with van der Waals surface area (Å²) in [5.74, 6) is -1.63. The quantitative estimate of drug-likeness (QED) is 0.351. The van der Waals surface area contributed by atoms with Gasteiger partial charge in [-0.05, 0) is 50.7 Å². The molecule has 1 saturated heterocycles. The first-order valence-corrected chi connectivity index (χ1v) is 12.7. The fourth-order valence-electron chi connectivity index (χ4n) is 5.12. The molecule has 0 spiro atoms. The lowest BCUT2D eigenvalue weighted by molar-refractivity contribution is -0.138. The molecule has 2 atom stereocenters. The van der Waals surface area contributed by atoms with Crippen LogP contribution in [0.4, 0.5) is 28.9 Å². The molecule has 2 unspecified atom stereocenters. The summed E-state index contributed by atoms with van der Waals surface area (Å²) in [6, 6.07) is 8.48. The first-order chi connectivity index (χ1) is 18.8. The van der Waals surface area contributed by atoms with Crippen molar-refractivity contribution in [3.63, 3.8) is 0 Å². The van der Waals surface area contributed by atoms with Crippen molar-refractivity contribution in [3.05, 3.63) is 76.2 Å². The molecule has 210 valence electrons. The van der Waals surface area contributed by atoms with Crippen molar-refractivity contribution in [2.45, 2.75) is 32.1 Å². The normalized spacial score (nSPS) is 18.4. The number of pyridine rings is 1. The standard InChI is InChI=1S/C28H28F4N6O2/c1-15-12-38(13-16(2)37(15)4)25-10-21(29)18(17-5-6-22-24(7-17)36(3)14-34-22)8-23(25)35-27(40)19-11-33-26(39)9-20(19)28(30,31)32/h5-11,14-16H,12-13H2,1-4H3,(H,33,39)(H,35,40). The summed E-state index contributed by atoms with van der Waals surface area (Å²) in [4.78, 5) is 35.4. The number of anilines is 2. The van der Waals surface area contributed by atoms with E-state index in [0.29, 0.717) is 30.4 Å². The van der Waals surface area contributed by atoms with E-state index in [-0.39, 0.29) is 23.3 Å². The first-order valence-electron chi connectivity index (χ1n) is 12.7. The van der Waals surface area contributed by atoms with Crippen LogP contribution in [0.5, 0.6) is 0 Å². The van der Waals surface area contributed by atoms with Gasteiger partial charge in [-0.1, -0.05) is 6.07 Å². The predicted octanol–water partition coefficient (Wildman–Crippen LogP) is 4.87. The fourth-order valence-corrected chi connectivity index (χ4v) is 5.12. The van der Waals surface area contributed by atoms with Crippen molar-refractivity contribution in [3.8, 4) is 11.1 Å². The SMILES string of the molecule is CC1CN(c2cc(F)c(-c3ccc4ncn(C)c4c3)cc2NC(=O)c2c[nH]c(=O)cc2C(F)(F)F)CC(C)N1C. The van der Waals surface area contributed by atoms with Gasteiger partial charge in [-0.3, -0.25) is 14.5 Å². The van der Waals surface area contributed by atoms with E-state index in [0.717, 1.165) is 17.2 Å². The molecule has 1 aliphatic rings. The topological polar surface area (TPSA) is 86.3 Å². The maximum atomic E-state index is 15.7. The Balaban J connectivity index is 1.63. The Morgan fingerprint density at radius 1 is 1.07 bits per heavy atom. The zero-order valence-corrected chi connectivity index (χ0v) is 22.3. The van der Waals surface area contributed by atoms with Crippen molar-refractivity contribution in [2.24, 2.45) is 7.05 Å². The minimum absolute atomic E-state index is 0.0957. The predicted molar refractivity (Wildman–Crippen MR) is 145 cm³/mol. The van der Waals surface area contributed by atoms with Crippen LogP contribution in [0.3, 0.4) is 0 Å². The number of carbonyl (C=O) groups is 1. The van der Waals surface area contributed by atoms with Gasteiger partial charge >= 0.3 is 6.18 Å². The second kappa shape index (κ2) is 10.1. The Labute approximate surface area is 227 Å². The number of aromatic amines is 1. The van der Waals surface area contributed by atoms with Crippen molar-refractivity contribution < 1.29 is 22.4 Å². The molecular weight excluding hydrogens is 528 g/mol. The van der Waals surface area contributed by atoms with Crippen molar-refractivity contribution in [1.82, 2.24) is 19.4 Å². The third kappa shape index (κ3) is 5.06. The molecule has 0 aliphatic carbocycles. The maximum absolute atomic E-state index is 15.7. The molecule has 3 heterocycles. The summed E-state index contributed by atoms with van der Waals surface area (Å²) < 4.78 is 58.6. The Kier molecular flexibility index (Phi) is 6.90. The zero-order valence-electron chi connectivity index (χ0n) is 22.3. The fraction of sp³-hybridized carbons (Fsp3) is 0.321. The van der Waals surface area contributed by atoms with Gasteiger partial charge in [-0.2, -0.15) is 13.2 Å². The molecule has 8 nitrogen and oxygen atoms in total. The number of rotatable bonds is 4. The number of nitrogens with one attached hydrogen (secondary N) is 2. The van der Waals surface area contributed by atoms with Crippen molar-refractivity contribution >= 4 is 28.3 Å². The molecule has 12 heteroatoms. The average molecular weight is 557 g/mol. The number of piperazine rings is 1. The molecule has 1 aliphatic heterocycles. The van der Waals surface area contributed by atoms with Crippen LogP contribution in [0.1, 0.15) is 29.8 Å². The summed E-state index contributed by atoms with van der Waals surface area (Å²) >= 11 is 0. The lowest BCUT2D eigenvalue weighted by Crippen LogP contribution is -2.55. The highest BCUT2D eigenvalue weighted by molar-refractivity contribution is 6.07. The minimum Gasteiger partial charge on any atom is -0.367 e. The molecule has 0 saturated carbocycles. The van der Waals surface area contributed by atoms with Gasteiger partial charge in [-0.15, -0.1) is 0 Å². The van der Waals surface area contributed by atoms with E-state index in [2.05, 4.69) is 20.2 Å². The van der Waals surface area contributed by atoms with Gasteiger partial charge < -0.3 is 19.8 Å². The van der Waals surface area contributed by atoms with E-state index in [9.17, 15) is 22.8 Å². The second-order valence-electron chi connectivity index (χ2n) is 10.3. The van der Waals surface area contributed by atoms with Crippen LogP contribution in [0.2, 0.25) is 0 Å². The first kappa shape index (κ1) is 27.4. The number of benzene rings is 2. The molecular formula is C28H28F4N6O2. The maximum Gasteiger partial charge on any atom is 0.417 e. The van der Waals surface area contributed by atoms with Gasteiger partial charge in [0.2, 0.25) is 5.56 Å². The van der Waals surface area contributed by atoms with Gasteiger partial charge in [0.15, 0.2) is 0 Å².